The molecule has 2 saturated heterocycles. The number of halogens is 1. The van der Waals surface area contributed by atoms with Gasteiger partial charge < -0.3 is 4.90 Å². The van der Waals surface area contributed by atoms with Crippen molar-refractivity contribution in [3.63, 3.8) is 0 Å². The average molecular weight is 515 g/mol. The topological polar surface area (TPSA) is 75.6 Å². The van der Waals surface area contributed by atoms with Gasteiger partial charge in [0.1, 0.15) is 5.60 Å². The molecule has 0 bridgehead atoms. The number of hydrogen-bond acceptors (Lipinski definition) is 7. The second-order valence-corrected chi connectivity index (χ2v) is 11.0. The fourth-order valence-electron chi connectivity index (χ4n) is 4.51. The minimum absolute atomic E-state index is 0.0318. The zero-order valence-corrected chi connectivity index (χ0v) is 20.2. The quantitative estimate of drug-likeness (QED) is 0.482. The fraction of sp³-hybridized carbons (Fsp3) is 0.304. The first kappa shape index (κ1) is 21.5. The second-order valence-electron chi connectivity index (χ2n) is 8.51. The lowest BCUT2D eigenvalue weighted by Crippen LogP contribution is -2.69. The zero-order valence-electron chi connectivity index (χ0n) is 17.8. The Morgan fingerprint density at radius 1 is 1.00 bits per heavy atom. The van der Waals surface area contributed by atoms with E-state index in [9.17, 15) is 8.42 Å². The van der Waals surface area contributed by atoms with Gasteiger partial charge in [-0.05, 0) is 50.4 Å². The van der Waals surface area contributed by atoms with Gasteiger partial charge in [0.05, 0.1) is 23.2 Å². The van der Waals surface area contributed by atoms with E-state index in [2.05, 4.69) is 35.9 Å². The van der Waals surface area contributed by atoms with E-state index in [0.29, 0.717) is 25.5 Å². The fourth-order valence-corrected chi connectivity index (χ4v) is 5.99. The Morgan fingerprint density at radius 2 is 1.72 bits per heavy atom. The van der Waals surface area contributed by atoms with Crippen molar-refractivity contribution in [2.45, 2.75) is 23.5 Å². The minimum Gasteiger partial charge on any atom is -0.350 e. The Labute approximate surface area is 196 Å². The van der Waals surface area contributed by atoms with Crippen molar-refractivity contribution < 1.29 is 12.6 Å². The third-order valence-electron chi connectivity index (χ3n) is 6.21. The van der Waals surface area contributed by atoms with Crippen molar-refractivity contribution in [3.8, 4) is 11.3 Å². The van der Waals surface area contributed by atoms with Crippen molar-refractivity contribution in [1.82, 2.24) is 15.1 Å². The Bertz CT molecular complexity index is 1230. The first-order valence-corrected chi connectivity index (χ1v) is 12.5. The third-order valence-corrected chi connectivity index (χ3v) is 8.14. The molecular weight excluding hydrogens is 492 g/mol. The van der Waals surface area contributed by atoms with E-state index in [-0.39, 0.29) is 10.9 Å². The smallest absolute Gasteiger partial charge is 0.297 e. The molecule has 0 radical (unpaired) electrons. The predicted octanol–water partition coefficient (Wildman–Crippen LogP) is 3.49. The average Bonchev–Trinajstić information content (AvgIpc) is 3.06. The molecule has 2 aromatic carbocycles. The van der Waals surface area contributed by atoms with Gasteiger partial charge in [0.15, 0.2) is 5.82 Å². The summed E-state index contributed by atoms with van der Waals surface area (Å²) in [5.74, 6) is 0.712. The maximum atomic E-state index is 13.0. The molecule has 9 heteroatoms. The number of aryl methyl sites for hydroxylation is 1. The lowest BCUT2D eigenvalue weighted by atomic mass is 9.87. The van der Waals surface area contributed by atoms with E-state index in [1.165, 1.54) is 0 Å². The van der Waals surface area contributed by atoms with Crippen LogP contribution in [0.5, 0.6) is 0 Å². The first-order valence-electron chi connectivity index (χ1n) is 10.3. The van der Waals surface area contributed by atoms with E-state index < -0.39 is 15.7 Å². The maximum Gasteiger partial charge on any atom is 0.297 e. The van der Waals surface area contributed by atoms with Crippen molar-refractivity contribution in [1.29, 1.82) is 0 Å². The molecule has 3 aromatic rings. The van der Waals surface area contributed by atoms with Crippen molar-refractivity contribution >= 4 is 31.9 Å². The van der Waals surface area contributed by atoms with Crippen LogP contribution in [0.1, 0.15) is 5.56 Å². The number of fused-ring (bicyclic) bond motifs is 1. The summed E-state index contributed by atoms with van der Waals surface area (Å²) in [4.78, 5) is 4.36. The van der Waals surface area contributed by atoms with Crippen molar-refractivity contribution in [2.24, 2.45) is 0 Å². The molecule has 166 valence electrons. The monoisotopic (exact) mass is 514 g/mol. The van der Waals surface area contributed by atoms with E-state index >= 15 is 0 Å². The number of aromatic nitrogens is 2. The minimum atomic E-state index is -3.87. The van der Waals surface area contributed by atoms with E-state index in [1.54, 1.807) is 24.3 Å². The molecule has 0 N–H and O–H groups in total. The highest BCUT2D eigenvalue weighted by molar-refractivity contribution is 9.10. The lowest BCUT2D eigenvalue weighted by Gasteiger charge is -2.49. The van der Waals surface area contributed by atoms with Crippen LogP contribution in [0, 0.1) is 6.92 Å². The van der Waals surface area contributed by atoms with Crippen LogP contribution in [-0.4, -0.2) is 61.8 Å². The Hall–Kier alpha value is -2.33. The van der Waals surface area contributed by atoms with E-state index in [1.807, 2.05) is 50.4 Å². The van der Waals surface area contributed by atoms with Crippen LogP contribution in [0.25, 0.3) is 11.3 Å². The number of hydrogen-bond donors (Lipinski definition) is 0. The number of likely N-dealkylation sites (tertiary alicyclic amines) is 1. The van der Waals surface area contributed by atoms with Crippen LogP contribution in [0.4, 0.5) is 5.82 Å². The molecule has 1 aromatic heterocycles. The van der Waals surface area contributed by atoms with Crippen LogP contribution in [-0.2, 0) is 14.3 Å². The summed E-state index contributed by atoms with van der Waals surface area (Å²) in [6.07, 6.45) is 0. The second kappa shape index (κ2) is 7.91. The van der Waals surface area contributed by atoms with E-state index in [0.717, 1.165) is 21.3 Å². The van der Waals surface area contributed by atoms with E-state index in [4.69, 9.17) is 4.18 Å². The number of likely N-dealkylation sites (N-methyl/N-ethyl adjacent to an activating group) is 1. The number of rotatable bonds is 5. The first-order chi connectivity index (χ1) is 15.3. The van der Waals surface area contributed by atoms with Gasteiger partial charge in [-0.3, -0.25) is 9.08 Å². The summed E-state index contributed by atoms with van der Waals surface area (Å²) in [5, 5.41) is 8.80. The number of nitrogens with zero attached hydrogens (tertiary/aromatic N) is 4. The molecule has 5 rings (SSSR count). The molecule has 32 heavy (non-hydrogen) atoms. The third kappa shape index (κ3) is 3.83. The standard InChI is InChI=1S/C23H23BrN4O3S/c1-16-3-9-19(10-4-16)32(29,30)31-23-14-27(2)21(23)13-28(15-23)22-12-11-20(25-26-22)17-5-7-18(24)8-6-17/h3-12,21H,13-15H2,1-2H3. The van der Waals surface area contributed by atoms with Crippen LogP contribution in [0.2, 0.25) is 0 Å². The summed E-state index contributed by atoms with van der Waals surface area (Å²) in [7, 11) is -1.89. The summed E-state index contributed by atoms with van der Waals surface area (Å²) < 4.78 is 32.8. The van der Waals surface area contributed by atoms with Crippen LogP contribution in [0.3, 0.4) is 0 Å². The molecule has 2 fully saturated rings. The molecule has 2 aliphatic heterocycles. The highest BCUT2D eigenvalue weighted by atomic mass is 79.9. The van der Waals surface area contributed by atoms with Gasteiger partial charge in [0.25, 0.3) is 10.1 Å². The predicted molar refractivity (Wildman–Crippen MR) is 126 cm³/mol. The highest BCUT2D eigenvalue weighted by Gasteiger charge is 2.60. The molecule has 0 saturated carbocycles. The van der Waals surface area contributed by atoms with Gasteiger partial charge in [0.2, 0.25) is 0 Å². The Morgan fingerprint density at radius 3 is 2.34 bits per heavy atom. The SMILES string of the molecule is Cc1ccc(S(=O)(=O)OC23CN(c4ccc(-c5ccc(Br)cc5)nn4)CC2N(C)C3)cc1. The number of anilines is 1. The van der Waals surface area contributed by atoms with Crippen LogP contribution in [0.15, 0.2) is 70.0 Å². The van der Waals surface area contributed by atoms with Crippen LogP contribution < -0.4 is 4.90 Å². The Kier molecular flexibility index (Phi) is 5.32. The van der Waals surface area contributed by atoms with Gasteiger partial charge in [-0.25, -0.2) is 0 Å². The summed E-state index contributed by atoms with van der Waals surface area (Å²) in [5.41, 5.74) is 1.98. The molecule has 0 aliphatic carbocycles. The largest absolute Gasteiger partial charge is 0.350 e. The maximum absolute atomic E-state index is 13.0. The van der Waals surface area contributed by atoms with Gasteiger partial charge in [-0.2, -0.15) is 8.42 Å². The van der Waals surface area contributed by atoms with Gasteiger partial charge in [-0.15, -0.1) is 10.2 Å². The normalized spacial score (nSPS) is 23.1. The van der Waals surface area contributed by atoms with Crippen molar-refractivity contribution in [2.75, 3.05) is 31.6 Å². The van der Waals surface area contributed by atoms with Gasteiger partial charge in [0, 0.05) is 23.1 Å². The molecule has 2 atom stereocenters. The summed E-state index contributed by atoms with van der Waals surface area (Å²) >= 11 is 3.44. The lowest BCUT2D eigenvalue weighted by molar-refractivity contribution is -0.0847. The highest BCUT2D eigenvalue weighted by Crippen LogP contribution is 2.41. The molecule has 2 aliphatic rings. The number of benzene rings is 2. The van der Waals surface area contributed by atoms with Gasteiger partial charge in [-0.1, -0.05) is 45.8 Å². The Balaban J connectivity index is 1.36. The van der Waals surface area contributed by atoms with Gasteiger partial charge >= 0.3 is 0 Å². The molecule has 2 unspecified atom stereocenters. The van der Waals surface area contributed by atoms with Crippen molar-refractivity contribution in [3.05, 3.63) is 70.7 Å². The van der Waals surface area contributed by atoms with Crippen LogP contribution >= 0.6 is 15.9 Å². The molecule has 7 nitrogen and oxygen atoms in total. The summed E-state index contributed by atoms with van der Waals surface area (Å²) in [6, 6.07) is 18.5. The zero-order chi connectivity index (χ0) is 22.5. The molecule has 0 amide bonds. The molecular formula is C23H23BrN4O3S. The summed E-state index contributed by atoms with van der Waals surface area (Å²) in [6.45, 7) is 3.54. The molecule has 0 spiro atoms. The molecule has 3 heterocycles.